The average molecular weight is 607 g/mol. The minimum absolute atomic E-state index is 0.0405. The Balaban J connectivity index is 0.993. The average Bonchev–Trinajstić information content (AvgIpc) is 3.65. The van der Waals surface area contributed by atoms with E-state index in [0.717, 1.165) is 31.2 Å². The molecule has 1 unspecified atom stereocenters. The first-order valence-electron chi connectivity index (χ1n) is 15.9. The van der Waals surface area contributed by atoms with E-state index in [9.17, 15) is 23.9 Å². The molecule has 4 fully saturated rings. The highest BCUT2D eigenvalue weighted by Gasteiger charge is 2.42. The summed E-state index contributed by atoms with van der Waals surface area (Å²) >= 11 is 0. The van der Waals surface area contributed by atoms with Crippen molar-refractivity contribution < 1.29 is 28.6 Å². The van der Waals surface area contributed by atoms with E-state index in [4.69, 9.17) is 4.74 Å². The third-order valence-electron chi connectivity index (χ3n) is 9.87. The Kier molecular flexibility index (Phi) is 9.30. The van der Waals surface area contributed by atoms with Crippen LogP contribution in [0.15, 0.2) is 48.5 Å². The fourth-order valence-electron chi connectivity index (χ4n) is 6.92. The van der Waals surface area contributed by atoms with Crippen LogP contribution in [0.5, 0.6) is 0 Å². The number of hydrogen-bond acceptors (Lipinski definition) is 6. The van der Waals surface area contributed by atoms with Gasteiger partial charge in [0.1, 0.15) is 12.3 Å². The number of aliphatic hydroxyl groups excluding tert-OH is 1. The number of hydrogen-bond donors (Lipinski definition) is 4. The Hall–Kier alpha value is -3.34. The maximum absolute atomic E-state index is 13.6. The number of nitrogens with one attached hydrogen (secondary N) is 3. The van der Waals surface area contributed by atoms with Crippen LogP contribution in [0.3, 0.4) is 0 Å². The molecule has 6 rings (SSSR count). The Morgan fingerprint density at radius 1 is 1.00 bits per heavy atom. The first-order chi connectivity index (χ1) is 21.3. The fraction of sp³-hybridized carbons (Fsp3) is 0.559. The summed E-state index contributed by atoms with van der Waals surface area (Å²) in [5.74, 6) is 0.654. The molecule has 0 radical (unpaired) electrons. The maximum atomic E-state index is 13.6. The first-order valence-corrected chi connectivity index (χ1v) is 15.9. The SMILES string of the molecule is COC(CO)c1ccc(C2CC(c3ccc(C(=O)NC[C@H]4C[C@@H](NC(=O)[C@@H]5C[C@H](F)CN5)CN4C(=O)C4CC4)cc3)C2)cc1. The number of carbonyl (C=O) groups excluding carboxylic acids is 3. The number of rotatable bonds is 11. The number of likely N-dealkylation sites (tertiary alicyclic amines) is 1. The number of alkyl halides is 1. The number of methoxy groups -OCH3 is 1. The molecule has 4 aliphatic rings. The molecular weight excluding hydrogens is 563 g/mol. The number of carbonyl (C=O) groups is 3. The van der Waals surface area contributed by atoms with E-state index in [1.54, 1.807) is 7.11 Å². The Morgan fingerprint density at radius 3 is 2.23 bits per heavy atom. The zero-order chi connectivity index (χ0) is 30.8. The Labute approximate surface area is 257 Å². The second kappa shape index (κ2) is 13.3. The van der Waals surface area contributed by atoms with Gasteiger partial charge in [-0.05, 0) is 72.8 Å². The van der Waals surface area contributed by atoms with Crippen molar-refractivity contribution in [1.82, 2.24) is 20.9 Å². The highest BCUT2D eigenvalue weighted by molar-refractivity contribution is 5.94. The second-order valence-corrected chi connectivity index (χ2v) is 12.9. The molecule has 236 valence electrons. The monoisotopic (exact) mass is 606 g/mol. The molecule has 4 N–H and O–H groups in total. The molecule has 44 heavy (non-hydrogen) atoms. The van der Waals surface area contributed by atoms with Gasteiger partial charge in [-0.3, -0.25) is 14.4 Å². The molecule has 2 aromatic rings. The number of benzene rings is 2. The zero-order valence-corrected chi connectivity index (χ0v) is 25.2. The molecule has 2 saturated heterocycles. The van der Waals surface area contributed by atoms with E-state index >= 15 is 0 Å². The van der Waals surface area contributed by atoms with Crippen LogP contribution in [0, 0.1) is 5.92 Å². The lowest BCUT2D eigenvalue weighted by Gasteiger charge is -2.36. The van der Waals surface area contributed by atoms with Crippen molar-refractivity contribution in [3.63, 3.8) is 0 Å². The smallest absolute Gasteiger partial charge is 0.251 e. The van der Waals surface area contributed by atoms with E-state index in [0.29, 0.717) is 36.9 Å². The molecule has 2 heterocycles. The van der Waals surface area contributed by atoms with Gasteiger partial charge in [0.15, 0.2) is 0 Å². The van der Waals surface area contributed by atoms with Crippen LogP contribution in [0.2, 0.25) is 0 Å². The number of ether oxygens (including phenoxy) is 1. The van der Waals surface area contributed by atoms with E-state index in [1.165, 1.54) is 11.1 Å². The van der Waals surface area contributed by atoms with Gasteiger partial charge in [0.25, 0.3) is 5.91 Å². The third-order valence-corrected chi connectivity index (χ3v) is 9.87. The summed E-state index contributed by atoms with van der Waals surface area (Å²) in [6.45, 7) is 0.858. The molecule has 3 amide bonds. The lowest BCUT2D eigenvalue weighted by atomic mass is 9.68. The number of halogens is 1. The van der Waals surface area contributed by atoms with E-state index in [2.05, 4.69) is 28.1 Å². The highest BCUT2D eigenvalue weighted by atomic mass is 19.1. The summed E-state index contributed by atoms with van der Waals surface area (Å²) < 4.78 is 18.9. The molecule has 9 nitrogen and oxygen atoms in total. The van der Waals surface area contributed by atoms with E-state index in [1.807, 2.05) is 41.3 Å². The molecule has 2 saturated carbocycles. The van der Waals surface area contributed by atoms with Crippen LogP contribution in [-0.4, -0.2) is 85.4 Å². The molecule has 10 heteroatoms. The second-order valence-electron chi connectivity index (χ2n) is 12.9. The lowest BCUT2D eigenvalue weighted by molar-refractivity contribution is -0.133. The van der Waals surface area contributed by atoms with Gasteiger partial charge in [0, 0.05) is 50.7 Å². The molecule has 0 spiro atoms. The molecular formula is C34H43FN4O5. The minimum Gasteiger partial charge on any atom is -0.393 e. The van der Waals surface area contributed by atoms with Gasteiger partial charge in [-0.1, -0.05) is 36.4 Å². The van der Waals surface area contributed by atoms with Crippen molar-refractivity contribution in [2.45, 2.75) is 80.8 Å². The zero-order valence-electron chi connectivity index (χ0n) is 25.2. The summed E-state index contributed by atoms with van der Waals surface area (Å²) in [6, 6.07) is 15.1. The van der Waals surface area contributed by atoms with Crippen molar-refractivity contribution in [3.05, 3.63) is 70.8 Å². The van der Waals surface area contributed by atoms with Crippen LogP contribution < -0.4 is 16.0 Å². The fourth-order valence-corrected chi connectivity index (χ4v) is 6.92. The Morgan fingerprint density at radius 2 is 1.66 bits per heavy atom. The van der Waals surface area contributed by atoms with Crippen LogP contribution in [0.25, 0.3) is 0 Å². The predicted molar refractivity (Wildman–Crippen MR) is 163 cm³/mol. The van der Waals surface area contributed by atoms with Gasteiger partial charge in [-0.2, -0.15) is 0 Å². The first kappa shape index (κ1) is 30.7. The maximum Gasteiger partial charge on any atom is 0.251 e. The summed E-state index contributed by atoms with van der Waals surface area (Å²) in [5.41, 5.74) is 4.06. The number of amides is 3. The van der Waals surface area contributed by atoms with E-state index in [-0.39, 0.29) is 61.4 Å². The normalized spacial score (nSPS) is 28.8. The standard InChI is InChI=1S/C34H43FN4O5/c1-44-31(19-40)22-6-2-20(3-7-22)25-12-26(13-25)21-4-8-23(9-5-21)32(41)37-17-29-15-28(18-39(29)34(43)24-10-11-24)38-33(42)30-14-27(35)16-36-30/h2-9,24-31,36,40H,10-19H2,1H3,(H,37,41)(H,38,42)/t25?,26?,27-,28+,29+,30-,31?/m0/s1. The summed E-state index contributed by atoms with van der Waals surface area (Å²) in [7, 11) is 1.60. The van der Waals surface area contributed by atoms with E-state index < -0.39 is 12.2 Å². The minimum atomic E-state index is -1.02. The van der Waals surface area contributed by atoms with Crippen molar-refractivity contribution in [2.24, 2.45) is 5.92 Å². The van der Waals surface area contributed by atoms with Gasteiger partial charge < -0.3 is 30.7 Å². The molecule has 0 bridgehead atoms. The molecule has 2 aromatic carbocycles. The lowest BCUT2D eigenvalue weighted by Crippen LogP contribution is -2.46. The molecule has 0 aromatic heterocycles. The van der Waals surface area contributed by atoms with Crippen molar-refractivity contribution >= 4 is 17.7 Å². The van der Waals surface area contributed by atoms with Crippen molar-refractivity contribution in [3.8, 4) is 0 Å². The van der Waals surface area contributed by atoms with Crippen LogP contribution in [-0.2, 0) is 14.3 Å². The number of nitrogens with zero attached hydrogens (tertiary/aromatic N) is 1. The van der Waals surface area contributed by atoms with Crippen LogP contribution in [0.1, 0.15) is 83.5 Å². The van der Waals surface area contributed by atoms with Gasteiger partial charge in [0.2, 0.25) is 11.8 Å². The van der Waals surface area contributed by atoms with Crippen molar-refractivity contribution in [1.29, 1.82) is 0 Å². The molecule has 2 aliphatic heterocycles. The summed E-state index contributed by atoms with van der Waals surface area (Å²) in [4.78, 5) is 40.5. The predicted octanol–water partition coefficient (Wildman–Crippen LogP) is 2.95. The molecule has 5 atom stereocenters. The van der Waals surface area contributed by atoms with Gasteiger partial charge in [-0.15, -0.1) is 0 Å². The van der Waals surface area contributed by atoms with Crippen molar-refractivity contribution in [2.75, 3.05) is 33.4 Å². The van der Waals surface area contributed by atoms with Gasteiger partial charge in [-0.25, -0.2) is 4.39 Å². The highest BCUT2D eigenvalue weighted by Crippen LogP contribution is 2.47. The van der Waals surface area contributed by atoms with Gasteiger partial charge >= 0.3 is 0 Å². The summed E-state index contributed by atoms with van der Waals surface area (Å²) in [6.07, 6.45) is 3.27. The largest absolute Gasteiger partial charge is 0.393 e. The quantitative estimate of drug-likeness (QED) is 0.312. The van der Waals surface area contributed by atoms with Crippen LogP contribution in [0.4, 0.5) is 4.39 Å². The van der Waals surface area contributed by atoms with Gasteiger partial charge in [0.05, 0.1) is 18.7 Å². The Bertz CT molecular complexity index is 1320. The molecule has 2 aliphatic carbocycles. The number of aliphatic hydroxyl groups is 1. The van der Waals surface area contributed by atoms with Crippen LogP contribution >= 0.6 is 0 Å². The topological polar surface area (TPSA) is 120 Å². The summed E-state index contributed by atoms with van der Waals surface area (Å²) in [5, 5.41) is 18.4. The third kappa shape index (κ3) is 6.82.